The van der Waals surface area contributed by atoms with Crippen LogP contribution >= 0.6 is 11.6 Å². The van der Waals surface area contributed by atoms with Gasteiger partial charge in [0.2, 0.25) is 5.91 Å². The minimum absolute atomic E-state index is 0.144. The summed E-state index contributed by atoms with van der Waals surface area (Å²) in [6.07, 6.45) is 1.41. The SMILES string of the molecule is Cc1cc(Cl)c(C(=O)NCC(C)(C)C(N)=O)cn1. The molecule has 0 fully saturated rings. The van der Waals surface area contributed by atoms with E-state index in [0.717, 1.165) is 5.69 Å². The molecule has 2 amide bonds. The van der Waals surface area contributed by atoms with Gasteiger partial charge in [0.05, 0.1) is 16.0 Å². The molecule has 0 spiro atoms. The first kappa shape index (κ1) is 14.4. The molecule has 0 aliphatic heterocycles. The Bertz CT molecular complexity index is 486. The van der Waals surface area contributed by atoms with Crippen LogP contribution in [0.1, 0.15) is 29.9 Å². The fraction of sp³-hybridized carbons (Fsp3) is 0.417. The van der Waals surface area contributed by atoms with E-state index in [9.17, 15) is 9.59 Å². The van der Waals surface area contributed by atoms with E-state index in [0.29, 0.717) is 5.02 Å². The highest BCUT2D eigenvalue weighted by Crippen LogP contribution is 2.17. The van der Waals surface area contributed by atoms with E-state index in [2.05, 4.69) is 10.3 Å². The third kappa shape index (κ3) is 3.43. The highest BCUT2D eigenvalue weighted by molar-refractivity contribution is 6.33. The molecule has 3 N–H and O–H groups in total. The van der Waals surface area contributed by atoms with E-state index in [1.807, 2.05) is 0 Å². The number of aromatic nitrogens is 1. The lowest BCUT2D eigenvalue weighted by molar-refractivity contribution is -0.125. The van der Waals surface area contributed by atoms with Gasteiger partial charge in [0.25, 0.3) is 5.91 Å². The summed E-state index contributed by atoms with van der Waals surface area (Å²) in [5.74, 6) is -0.849. The van der Waals surface area contributed by atoms with E-state index in [-0.39, 0.29) is 18.0 Å². The standard InChI is InChI=1S/C12H16ClN3O2/c1-7-4-9(13)8(5-15-7)10(17)16-6-12(2,3)11(14)18/h4-5H,6H2,1-3H3,(H2,14,18)(H,16,17). The molecule has 0 aliphatic carbocycles. The molecular weight excluding hydrogens is 254 g/mol. The van der Waals surface area contributed by atoms with Crippen LogP contribution < -0.4 is 11.1 Å². The average molecular weight is 270 g/mol. The van der Waals surface area contributed by atoms with E-state index in [1.165, 1.54) is 6.20 Å². The number of halogens is 1. The summed E-state index contributed by atoms with van der Waals surface area (Å²) in [6.45, 7) is 5.24. The monoisotopic (exact) mass is 269 g/mol. The van der Waals surface area contributed by atoms with Gasteiger partial charge in [-0.15, -0.1) is 0 Å². The van der Waals surface area contributed by atoms with Crippen LogP contribution in [0.5, 0.6) is 0 Å². The highest BCUT2D eigenvalue weighted by Gasteiger charge is 2.26. The van der Waals surface area contributed by atoms with Crippen LogP contribution in [0, 0.1) is 12.3 Å². The summed E-state index contributed by atoms with van der Waals surface area (Å²) in [5, 5.41) is 2.95. The minimum atomic E-state index is -0.805. The first-order valence-electron chi connectivity index (χ1n) is 5.44. The summed E-state index contributed by atoms with van der Waals surface area (Å²) in [7, 11) is 0. The number of primary amides is 1. The third-order valence-corrected chi connectivity index (χ3v) is 2.91. The number of carbonyl (C=O) groups is 2. The van der Waals surface area contributed by atoms with Crippen molar-refractivity contribution in [2.45, 2.75) is 20.8 Å². The molecule has 5 nitrogen and oxygen atoms in total. The summed E-state index contributed by atoms with van der Waals surface area (Å²) >= 11 is 5.94. The van der Waals surface area contributed by atoms with Crippen molar-refractivity contribution in [3.05, 3.63) is 28.5 Å². The van der Waals surface area contributed by atoms with Gasteiger partial charge >= 0.3 is 0 Å². The van der Waals surface area contributed by atoms with Gasteiger partial charge in [-0.3, -0.25) is 14.6 Å². The topological polar surface area (TPSA) is 85.1 Å². The van der Waals surface area contributed by atoms with E-state index < -0.39 is 11.3 Å². The van der Waals surface area contributed by atoms with Crippen LogP contribution in [-0.2, 0) is 4.79 Å². The average Bonchev–Trinajstić information content (AvgIpc) is 2.25. The Morgan fingerprint density at radius 3 is 2.61 bits per heavy atom. The van der Waals surface area contributed by atoms with E-state index in [1.54, 1.807) is 26.8 Å². The molecular formula is C12H16ClN3O2. The minimum Gasteiger partial charge on any atom is -0.369 e. The van der Waals surface area contributed by atoms with Crippen molar-refractivity contribution in [2.24, 2.45) is 11.1 Å². The van der Waals surface area contributed by atoms with Crippen molar-refractivity contribution >= 4 is 23.4 Å². The van der Waals surface area contributed by atoms with Gasteiger partial charge in [-0.25, -0.2) is 0 Å². The molecule has 6 heteroatoms. The van der Waals surface area contributed by atoms with Crippen LogP contribution in [-0.4, -0.2) is 23.3 Å². The Labute approximate surface area is 111 Å². The lowest BCUT2D eigenvalue weighted by Crippen LogP contribution is -2.42. The fourth-order valence-corrected chi connectivity index (χ4v) is 1.47. The zero-order chi connectivity index (χ0) is 13.9. The van der Waals surface area contributed by atoms with Crippen molar-refractivity contribution in [3.8, 4) is 0 Å². The largest absolute Gasteiger partial charge is 0.369 e. The second-order valence-corrected chi connectivity index (χ2v) is 5.14. The maximum Gasteiger partial charge on any atom is 0.254 e. The Hall–Kier alpha value is -1.62. The van der Waals surface area contributed by atoms with Crippen molar-refractivity contribution in [2.75, 3.05) is 6.54 Å². The van der Waals surface area contributed by atoms with Gasteiger partial charge in [0.15, 0.2) is 0 Å². The van der Waals surface area contributed by atoms with E-state index >= 15 is 0 Å². The number of hydrogen-bond acceptors (Lipinski definition) is 3. The quantitative estimate of drug-likeness (QED) is 0.864. The summed E-state index contributed by atoms with van der Waals surface area (Å²) in [5.41, 5.74) is 5.42. The predicted octanol–water partition coefficient (Wildman–Crippen LogP) is 1.28. The number of nitrogens with one attached hydrogen (secondary N) is 1. The normalized spacial score (nSPS) is 11.1. The van der Waals surface area contributed by atoms with Crippen LogP contribution in [0.4, 0.5) is 0 Å². The number of pyridine rings is 1. The first-order chi connectivity index (χ1) is 8.24. The molecule has 0 atom stereocenters. The highest BCUT2D eigenvalue weighted by atomic mass is 35.5. The maximum atomic E-state index is 11.9. The number of rotatable bonds is 4. The van der Waals surface area contributed by atoms with Gasteiger partial charge in [0.1, 0.15) is 0 Å². The lowest BCUT2D eigenvalue weighted by atomic mass is 9.93. The lowest BCUT2D eigenvalue weighted by Gasteiger charge is -2.20. The second kappa shape index (κ2) is 5.35. The van der Waals surface area contributed by atoms with Crippen LogP contribution in [0.25, 0.3) is 0 Å². The molecule has 1 aromatic rings. The second-order valence-electron chi connectivity index (χ2n) is 4.74. The van der Waals surface area contributed by atoms with Gasteiger partial charge in [0, 0.05) is 18.4 Å². The van der Waals surface area contributed by atoms with Crippen molar-refractivity contribution in [1.29, 1.82) is 0 Å². The zero-order valence-corrected chi connectivity index (χ0v) is 11.3. The molecule has 0 bridgehead atoms. The molecule has 1 rings (SSSR count). The number of amides is 2. The molecule has 1 aromatic heterocycles. The van der Waals surface area contributed by atoms with Crippen molar-refractivity contribution in [3.63, 3.8) is 0 Å². The molecule has 0 unspecified atom stereocenters. The molecule has 0 saturated heterocycles. The maximum absolute atomic E-state index is 11.9. The molecule has 0 aromatic carbocycles. The van der Waals surface area contributed by atoms with Crippen molar-refractivity contribution < 1.29 is 9.59 Å². The molecule has 98 valence electrons. The summed E-state index contributed by atoms with van der Waals surface area (Å²) in [6, 6.07) is 1.61. The Balaban J connectivity index is 2.75. The number of hydrogen-bond donors (Lipinski definition) is 2. The third-order valence-electron chi connectivity index (χ3n) is 2.59. The molecule has 0 radical (unpaired) electrons. The molecule has 0 aliphatic rings. The molecule has 18 heavy (non-hydrogen) atoms. The van der Waals surface area contributed by atoms with Gasteiger partial charge in [-0.2, -0.15) is 0 Å². The van der Waals surface area contributed by atoms with E-state index in [4.69, 9.17) is 17.3 Å². The van der Waals surface area contributed by atoms with Gasteiger partial charge in [-0.05, 0) is 26.8 Å². The number of carbonyl (C=O) groups excluding carboxylic acids is 2. The Morgan fingerprint density at radius 1 is 1.50 bits per heavy atom. The molecule has 0 saturated carbocycles. The number of nitrogens with zero attached hydrogens (tertiary/aromatic N) is 1. The Morgan fingerprint density at radius 2 is 2.11 bits per heavy atom. The first-order valence-corrected chi connectivity index (χ1v) is 5.82. The van der Waals surface area contributed by atoms with Gasteiger partial charge in [-0.1, -0.05) is 11.6 Å². The Kier molecular flexibility index (Phi) is 4.29. The fourth-order valence-electron chi connectivity index (χ4n) is 1.18. The smallest absolute Gasteiger partial charge is 0.254 e. The summed E-state index contributed by atoms with van der Waals surface area (Å²) in [4.78, 5) is 27.0. The van der Waals surface area contributed by atoms with Crippen LogP contribution in [0.3, 0.4) is 0 Å². The predicted molar refractivity (Wildman–Crippen MR) is 69.3 cm³/mol. The number of aryl methyl sites for hydroxylation is 1. The van der Waals surface area contributed by atoms with Crippen molar-refractivity contribution in [1.82, 2.24) is 10.3 Å². The van der Waals surface area contributed by atoms with Crippen LogP contribution in [0.2, 0.25) is 5.02 Å². The van der Waals surface area contributed by atoms with Crippen LogP contribution in [0.15, 0.2) is 12.3 Å². The van der Waals surface area contributed by atoms with Gasteiger partial charge < -0.3 is 11.1 Å². The zero-order valence-electron chi connectivity index (χ0n) is 10.6. The molecule has 1 heterocycles. The summed E-state index contributed by atoms with van der Waals surface area (Å²) < 4.78 is 0. The number of nitrogens with two attached hydrogens (primary N) is 1.